The Bertz CT molecular complexity index is 3470. The van der Waals surface area contributed by atoms with E-state index in [1.165, 1.54) is 123 Å². The first-order valence-electron chi connectivity index (χ1n) is 24.8. The summed E-state index contributed by atoms with van der Waals surface area (Å²) in [5.41, 5.74) is 26.4. The smallest absolute Gasteiger partial charge is 0.0544 e. The molecule has 14 rings (SSSR count). The van der Waals surface area contributed by atoms with Crippen molar-refractivity contribution in [2.24, 2.45) is 0 Å². The summed E-state index contributed by atoms with van der Waals surface area (Å²) in [6.07, 6.45) is 0. The van der Waals surface area contributed by atoms with Crippen molar-refractivity contribution in [2.75, 3.05) is 9.80 Å². The molecule has 9 aromatic carbocycles. The van der Waals surface area contributed by atoms with Gasteiger partial charge in [-0.1, -0.05) is 159 Å². The van der Waals surface area contributed by atoms with Gasteiger partial charge in [-0.25, -0.2) is 0 Å². The van der Waals surface area contributed by atoms with E-state index in [9.17, 15) is 0 Å². The predicted octanol–water partition coefficient (Wildman–Crippen LogP) is 17.6. The molecule has 0 saturated heterocycles. The second-order valence-corrected chi connectivity index (χ2v) is 22.2. The van der Waals surface area contributed by atoms with Crippen molar-refractivity contribution in [1.82, 2.24) is 4.57 Å². The largest absolute Gasteiger partial charge is 0.309 e. The van der Waals surface area contributed by atoms with Crippen molar-refractivity contribution in [2.45, 2.75) is 77.0 Å². The molecule has 0 aliphatic carbocycles. The van der Waals surface area contributed by atoms with E-state index in [4.69, 9.17) is 0 Å². The van der Waals surface area contributed by atoms with Crippen LogP contribution in [0.4, 0.5) is 34.1 Å². The molecule has 4 aliphatic rings. The van der Waals surface area contributed by atoms with Crippen molar-refractivity contribution in [3.05, 3.63) is 233 Å². The number of hydrogen-bond acceptors (Lipinski definition) is 2. The van der Waals surface area contributed by atoms with Gasteiger partial charge in [0, 0.05) is 38.1 Å². The lowest BCUT2D eigenvalue weighted by Crippen LogP contribution is -2.38. The Kier molecular flexibility index (Phi) is 7.94. The minimum absolute atomic E-state index is 0.212. The molecule has 3 heteroatoms. The summed E-state index contributed by atoms with van der Waals surface area (Å²) in [6, 6.07) is 71.5. The standard InChI is InChI=1S/C66H55N3/c1-63(2)47-22-12-16-26-57(47)68-58-27-17-13-23-48(58)64(3,4)52-37-42(36-51(63)61(52)68)40-30-32-55-45(34-40)46-35-41(31-33-56(46)67(55)44-20-10-9-11-21-44)43-38-53-62-54(39-43)66(7,8)50-25-15-19-29-60(50)69(62)59-28-18-14-24-49(59)65(53,5)6/h9-39H,1-8H3. The van der Waals surface area contributed by atoms with Crippen LogP contribution in [0.25, 0.3) is 49.7 Å². The fraction of sp³-hybridized carbons (Fsp3) is 0.182. The van der Waals surface area contributed by atoms with Gasteiger partial charge >= 0.3 is 0 Å². The maximum atomic E-state index is 2.56. The Balaban J connectivity index is 1.00. The fourth-order valence-electron chi connectivity index (χ4n) is 13.3. The Morgan fingerprint density at radius 2 is 0.580 bits per heavy atom. The molecule has 0 saturated carbocycles. The van der Waals surface area contributed by atoms with E-state index in [2.05, 4.69) is 258 Å². The molecule has 4 aliphatic heterocycles. The van der Waals surface area contributed by atoms with E-state index in [0.29, 0.717) is 0 Å². The van der Waals surface area contributed by atoms with Gasteiger partial charge < -0.3 is 14.4 Å². The average Bonchev–Trinajstić information content (AvgIpc) is 3.69. The summed E-state index contributed by atoms with van der Waals surface area (Å²) in [4.78, 5) is 5.11. The van der Waals surface area contributed by atoms with Gasteiger partial charge in [-0.05, 0) is 152 Å². The number of hydrogen-bond donors (Lipinski definition) is 0. The van der Waals surface area contributed by atoms with Gasteiger partial charge in [-0.2, -0.15) is 0 Å². The lowest BCUT2D eigenvalue weighted by atomic mass is 9.65. The molecule has 0 radical (unpaired) electrons. The van der Waals surface area contributed by atoms with Crippen LogP contribution in [0.15, 0.2) is 188 Å². The molecule has 0 amide bonds. The van der Waals surface area contributed by atoms with Crippen LogP contribution in [0.2, 0.25) is 0 Å². The molecule has 5 heterocycles. The Morgan fingerprint density at radius 3 is 0.913 bits per heavy atom. The maximum absolute atomic E-state index is 2.56. The quantitative estimate of drug-likeness (QED) is 0.175. The van der Waals surface area contributed by atoms with Gasteiger partial charge in [0.1, 0.15) is 0 Å². The Morgan fingerprint density at radius 1 is 0.275 bits per heavy atom. The Labute approximate surface area is 405 Å². The monoisotopic (exact) mass is 889 g/mol. The number of aromatic nitrogens is 1. The van der Waals surface area contributed by atoms with Gasteiger partial charge in [-0.15, -0.1) is 0 Å². The van der Waals surface area contributed by atoms with Crippen LogP contribution in [-0.4, -0.2) is 4.57 Å². The summed E-state index contributed by atoms with van der Waals surface area (Å²) in [6.45, 7) is 19.3. The summed E-state index contributed by atoms with van der Waals surface area (Å²) in [5, 5.41) is 2.51. The number of rotatable bonds is 3. The summed E-state index contributed by atoms with van der Waals surface area (Å²) >= 11 is 0. The van der Waals surface area contributed by atoms with Gasteiger partial charge in [0.15, 0.2) is 0 Å². The zero-order valence-electron chi connectivity index (χ0n) is 40.7. The molecule has 3 nitrogen and oxygen atoms in total. The highest BCUT2D eigenvalue weighted by Gasteiger charge is 2.47. The zero-order valence-corrected chi connectivity index (χ0v) is 40.7. The molecule has 0 N–H and O–H groups in total. The maximum Gasteiger partial charge on any atom is 0.0544 e. The lowest BCUT2D eigenvalue weighted by Gasteiger charge is -2.49. The van der Waals surface area contributed by atoms with Crippen LogP contribution in [0.3, 0.4) is 0 Å². The third-order valence-corrected chi connectivity index (χ3v) is 17.1. The first kappa shape index (κ1) is 40.4. The van der Waals surface area contributed by atoms with Crippen LogP contribution in [0, 0.1) is 0 Å². The molecule has 0 spiro atoms. The molecule has 1 aromatic heterocycles. The second-order valence-electron chi connectivity index (χ2n) is 22.2. The average molecular weight is 890 g/mol. The van der Waals surface area contributed by atoms with E-state index >= 15 is 0 Å². The molecule has 0 atom stereocenters. The minimum atomic E-state index is -0.212. The van der Waals surface area contributed by atoms with Gasteiger partial charge in [0.25, 0.3) is 0 Å². The lowest BCUT2D eigenvalue weighted by molar-refractivity contribution is 0.597. The van der Waals surface area contributed by atoms with E-state index in [-0.39, 0.29) is 21.7 Å². The highest BCUT2D eigenvalue weighted by molar-refractivity contribution is 6.12. The van der Waals surface area contributed by atoms with Crippen LogP contribution >= 0.6 is 0 Å². The summed E-state index contributed by atoms with van der Waals surface area (Å²) in [7, 11) is 0. The number of fused-ring (bicyclic) bond motifs is 11. The molecule has 69 heavy (non-hydrogen) atoms. The normalized spacial score (nSPS) is 16.8. The molecule has 334 valence electrons. The van der Waals surface area contributed by atoms with Crippen molar-refractivity contribution in [3.8, 4) is 27.9 Å². The second kappa shape index (κ2) is 13.5. The van der Waals surface area contributed by atoms with Crippen molar-refractivity contribution >= 4 is 55.9 Å². The third-order valence-electron chi connectivity index (χ3n) is 17.1. The van der Waals surface area contributed by atoms with Crippen LogP contribution in [-0.2, 0) is 21.7 Å². The molecular weight excluding hydrogens is 835 g/mol. The first-order valence-corrected chi connectivity index (χ1v) is 24.8. The molecular formula is C66H55N3. The van der Waals surface area contributed by atoms with Crippen LogP contribution in [0.1, 0.15) is 99.9 Å². The van der Waals surface area contributed by atoms with Gasteiger partial charge in [0.05, 0.1) is 45.2 Å². The van der Waals surface area contributed by atoms with Gasteiger partial charge in [0.2, 0.25) is 0 Å². The van der Waals surface area contributed by atoms with Crippen LogP contribution in [0.5, 0.6) is 0 Å². The topological polar surface area (TPSA) is 11.4 Å². The van der Waals surface area contributed by atoms with Crippen LogP contribution < -0.4 is 9.80 Å². The molecule has 10 aromatic rings. The van der Waals surface area contributed by atoms with Crippen molar-refractivity contribution in [1.29, 1.82) is 0 Å². The van der Waals surface area contributed by atoms with Crippen molar-refractivity contribution in [3.63, 3.8) is 0 Å². The molecule has 0 fully saturated rings. The van der Waals surface area contributed by atoms with Crippen molar-refractivity contribution < 1.29 is 0 Å². The first-order chi connectivity index (χ1) is 33.3. The molecule has 0 unspecified atom stereocenters. The number of para-hydroxylation sites is 5. The van der Waals surface area contributed by atoms with E-state index < -0.39 is 0 Å². The zero-order chi connectivity index (χ0) is 46.9. The number of nitrogens with zero attached hydrogens (tertiary/aromatic N) is 3. The SMILES string of the molecule is CC1(C)c2ccccc2N2c3ccccc3C(C)(C)c3cc(-c4ccc5c(c4)c4cc(-c6cc7c8c(c6)C(C)(C)c6ccccc6N8c6ccccc6C7(C)C)ccc4n5-c4ccccc4)cc1c32. The Hall–Kier alpha value is -7.62. The fourth-order valence-corrected chi connectivity index (χ4v) is 13.3. The van der Waals surface area contributed by atoms with E-state index in [1.807, 2.05) is 0 Å². The van der Waals surface area contributed by atoms with E-state index in [1.54, 1.807) is 0 Å². The highest BCUT2D eigenvalue weighted by Crippen LogP contribution is 2.63. The highest BCUT2D eigenvalue weighted by atomic mass is 15.2. The van der Waals surface area contributed by atoms with Gasteiger partial charge in [-0.3, -0.25) is 0 Å². The summed E-state index contributed by atoms with van der Waals surface area (Å²) < 4.78 is 2.46. The van der Waals surface area contributed by atoms with E-state index in [0.717, 1.165) is 5.69 Å². The third kappa shape index (κ3) is 5.23. The number of anilines is 6. The molecule has 0 bridgehead atoms. The minimum Gasteiger partial charge on any atom is -0.309 e. The predicted molar refractivity (Wildman–Crippen MR) is 290 cm³/mol. The summed E-state index contributed by atoms with van der Waals surface area (Å²) in [5.74, 6) is 0. The number of benzene rings is 9.